The van der Waals surface area contributed by atoms with Crippen LogP contribution in [0.5, 0.6) is 0 Å². The standard InChI is InChI=1S/C13H18BrN3O/c14-11-3-4-12(16-9-11)10-15-6-5-13(18)17-7-1-2-8-17/h3-4,9,15H,1-2,5-8,10H2. The summed E-state index contributed by atoms with van der Waals surface area (Å²) in [5, 5.41) is 3.25. The molecule has 1 amide bonds. The van der Waals surface area contributed by atoms with Crippen molar-refractivity contribution in [2.75, 3.05) is 19.6 Å². The Balaban J connectivity index is 1.63. The first-order chi connectivity index (χ1) is 8.75. The predicted molar refractivity (Wildman–Crippen MR) is 74.1 cm³/mol. The fraction of sp³-hybridized carbons (Fsp3) is 0.538. The van der Waals surface area contributed by atoms with E-state index in [0.717, 1.165) is 36.1 Å². The molecule has 0 aromatic carbocycles. The Kier molecular flexibility index (Phi) is 5.13. The van der Waals surface area contributed by atoms with E-state index in [-0.39, 0.29) is 5.91 Å². The summed E-state index contributed by atoms with van der Waals surface area (Å²) >= 11 is 3.35. The lowest BCUT2D eigenvalue weighted by atomic mass is 10.3. The van der Waals surface area contributed by atoms with Gasteiger partial charge in [0.05, 0.1) is 5.69 Å². The highest BCUT2D eigenvalue weighted by Gasteiger charge is 2.16. The van der Waals surface area contributed by atoms with Gasteiger partial charge < -0.3 is 10.2 Å². The van der Waals surface area contributed by atoms with E-state index >= 15 is 0 Å². The summed E-state index contributed by atoms with van der Waals surface area (Å²) in [6.07, 6.45) is 4.67. The topological polar surface area (TPSA) is 45.2 Å². The van der Waals surface area contributed by atoms with Gasteiger partial charge in [0.1, 0.15) is 0 Å². The minimum atomic E-state index is 0.267. The molecule has 0 bridgehead atoms. The van der Waals surface area contributed by atoms with E-state index in [1.54, 1.807) is 6.20 Å². The summed E-state index contributed by atoms with van der Waals surface area (Å²) < 4.78 is 0.982. The normalized spacial score (nSPS) is 15.1. The number of hydrogen-bond acceptors (Lipinski definition) is 3. The molecule has 0 spiro atoms. The molecule has 0 atom stereocenters. The molecule has 18 heavy (non-hydrogen) atoms. The molecular weight excluding hydrogens is 294 g/mol. The average molecular weight is 312 g/mol. The van der Waals surface area contributed by atoms with Gasteiger partial charge in [-0.15, -0.1) is 0 Å². The smallest absolute Gasteiger partial charge is 0.223 e. The fourth-order valence-corrected chi connectivity index (χ4v) is 2.28. The van der Waals surface area contributed by atoms with Crippen molar-refractivity contribution in [2.45, 2.75) is 25.8 Å². The van der Waals surface area contributed by atoms with Crippen molar-refractivity contribution in [2.24, 2.45) is 0 Å². The van der Waals surface area contributed by atoms with E-state index in [1.165, 1.54) is 0 Å². The molecular formula is C13H18BrN3O. The number of aromatic nitrogens is 1. The van der Waals surface area contributed by atoms with Gasteiger partial charge in [0.2, 0.25) is 5.91 Å². The second kappa shape index (κ2) is 6.85. The van der Waals surface area contributed by atoms with Gasteiger partial charge >= 0.3 is 0 Å². The second-order valence-corrected chi connectivity index (χ2v) is 5.40. The lowest BCUT2D eigenvalue weighted by Crippen LogP contribution is -2.30. The van der Waals surface area contributed by atoms with Crippen LogP contribution in [0.25, 0.3) is 0 Å². The number of carbonyl (C=O) groups excluding carboxylic acids is 1. The van der Waals surface area contributed by atoms with Crippen molar-refractivity contribution in [3.8, 4) is 0 Å². The second-order valence-electron chi connectivity index (χ2n) is 4.48. The highest BCUT2D eigenvalue weighted by atomic mass is 79.9. The molecule has 98 valence electrons. The molecule has 1 aliphatic rings. The summed E-state index contributed by atoms with van der Waals surface area (Å²) in [6.45, 7) is 3.30. The largest absolute Gasteiger partial charge is 0.343 e. The van der Waals surface area contributed by atoms with Crippen molar-refractivity contribution in [3.05, 3.63) is 28.5 Å². The highest BCUT2D eigenvalue weighted by Crippen LogP contribution is 2.09. The van der Waals surface area contributed by atoms with Gasteiger partial charge in [-0.3, -0.25) is 9.78 Å². The molecule has 1 saturated heterocycles. The molecule has 1 aliphatic heterocycles. The fourth-order valence-electron chi connectivity index (χ4n) is 2.05. The molecule has 2 heterocycles. The van der Waals surface area contributed by atoms with Crippen LogP contribution in [0.2, 0.25) is 0 Å². The van der Waals surface area contributed by atoms with Crippen molar-refractivity contribution in [1.82, 2.24) is 15.2 Å². The first kappa shape index (κ1) is 13.5. The zero-order valence-electron chi connectivity index (χ0n) is 10.4. The summed E-state index contributed by atoms with van der Waals surface area (Å²) in [5.41, 5.74) is 0.992. The number of amides is 1. The zero-order valence-corrected chi connectivity index (χ0v) is 11.9. The highest BCUT2D eigenvalue weighted by molar-refractivity contribution is 9.10. The number of hydrogen-bond donors (Lipinski definition) is 1. The van der Waals surface area contributed by atoms with Crippen LogP contribution in [0.1, 0.15) is 25.0 Å². The van der Waals surface area contributed by atoms with E-state index in [4.69, 9.17) is 0 Å². The third kappa shape index (κ3) is 4.07. The average Bonchev–Trinajstić information content (AvgIpc) is 2.90. The van der Waals surface area contributed by atoms with Crippen molar-refractivity contribution in [1.29, 1.82) is 0 Å². The van der Waals surface area contributed by atoms with Gasteiger partial charge in [0, 0.05) is 43.3 Å². The number of pyridine rings is 1. The van der Waals surface area contributed by atoms with Crippen LogP contribution in [-0.2, 0) is 11.3 Å². The van der Waals surface area contributed by atoms with Crippen LogP contribution in [0.4, 0.5) is 0 Å². The quantitative estimate of drug-likeness (QED) is 0.845. The predicted octanol–water partition coefficient (Wildman–Crippen LogP) is 1.95. The Morgan fingerprint density at radius 2 is 2.17 bits per heavy atom. The summed E-state index contributed by atoms with van der Waals surface area (Å²) in [7, 11) is 0. The van der Waals surface area contributed by atoms with Gasteiger partial charge in [0.15, 0.2) is 0 Å². The van der Waals surface area contributed by atoms with Crippen molar-refractivity contribution >= 4 is 21.8 Å². The number of nitrogens with zero attached hydrogens (tertiary/aromatic N) is 2. The zero-order chi connectivity index (χ0) is 12.8. The molecule has 5 heteroatoms. The van der Waals surface area contributed by atoms with Gasteiger partial charge in [-0.05, 0) is 40.9 Å². The van der Waals surface area contributed by atoms with Crippen LogP contribution < -0.4 is 5.32 Å². The molecule has 1 aromatic heterocycles. The van der Waals surface area contributed by atoms with E-state index < -0.39 is 0 Å². The van der Waals surface area contributed by atoms with Crippen LogP contribution in [0.3, 0.4) is 0 Å². The molecule has 2 rings (SSSR count). The van der Waals surface area contributed by atoms with Crippen molar-refractivity contribution < 1.29 is 4.79 Å². The van der Waals surface area contributed by atoms with Crippen LogP contribution in [-0.4, -0.2) is 35.4 Å². The summed E-state index contributed by atoms with van der Waals surface area (Å²) in [6, 6.07) is 3.94. The first-order valence-electron chi connectivity index (χ1n) is 6.34. The Morgan fingerprint density at radius 1 is 1.39 bits per heavy atom. The number of nitrogens with one attached hydrogen (secondary N) is 1. The third-order valence-corrected chi connectivity index (χ3v) is 3.54. The Hall–Kier alpha value is -0.940. The molecule has 0 aliphatic carbocycles. The molecule has 0 saturated carbocycles. The molecule has 0 radical (unpaired) electrons. The molecule has 4 nitrogen and oxygen atoms in total. The van der Waals surface area contributed by atoms with E-state index in [0.29, 0.717) is 19.5 Å². The van der Waals surface area contributed by atoms with Crippen LogP contribution in [0.15, 0.2) is 22.8 Å². The third-order valence-electron chi connectivity index (χ3n) is 3.07. The summed E-state index contributed by atoms with van der Waals surface area (Å²) in [4.78, 5) is 18.0. The van der Waals surface area contributed by atoms with E-state index in [9.17, 15) is 4.79 Å². The molecule has 1 aromatic rings. The lowest BCUT2D eigenvalue weighted by Gasteiger charge is -2.15. The van der Waals surface area contributed by atoms with E-state index in [1.807, 2.05) is 17.0 Å². The maximum absolute atomic E-state index is 11.8. The van der Waals surface area contributed by atoms with E-state index in [2.05, 4.69) is 26.2 Å². The van der Waals surface area contributed by atoms with Gasteiger partial charge in [-0.25, -0.2) is 0 Å². The van der Waals surface area contributed by atoms with Crippen molar-refractivity contribution in [3.63, 3.8) is 0 Å². The minimum absolute atomic E-state index is 0.267. The monoisotopic (exact) mass is 311 g/mol. The Labute approximate surface area is 116 Å². The SMILES string of the molecule is O=C(CCNCc1ccc(Br)cn1)N1CCCC1. The Bertz CT molecular complexity index is 388. The van der Waals surface area contributed by atoms with Gasteiger partial charge in [-0.2, -0.15) is 0 Å². The number of rotatable bonds is 5. The minimum Gasteiger partial charge on any atom is -0.343 e. The number of likely N-dealkylation sites (tertiary alicyclic amines) is 1. The van der Waals surface area contributed by atoms with Crippen LogP contribution >= 0.6 is 15.9 Å². The molecule has 1 fully saturated rings. The number of carbonyl (C=O) groups is 1. The first-order valence-corrected chi connectivity index (χ1v) is 7.14. The Morgan fingerprint density at radius 3 is 2.83 bits per heavy atom. The molecule has 1 N–H and O–H groups in total. The lowest BCUT2D eigenvalue weighted by molar-refractivity contribution is -0.130. The number of halogens is 1. The molecule has 0 unspecified atom stereocenters. The summed E-state index contributed by atoms with van der Waals surface area (Å²) in [5.74, 6) is 0.267. The van der Waals surface area contributed by atoms with Gasteiger partial charge in [0.25, 0.3) is 0 Å². The maximum Gasteiger partial charge on any atom is 0.223 e. The van der Waals surface area contributed by atoms with Gasteiger partial charge in [-0.1, -0.05) is 0 Å². The van der Waals surface area contributed by atoms with Crippen LogP contribution in [0, 0.1) is 0 Å². The maximum atomic E-state index is 11.8.